The fourth-order valence-corrected chi connectivity index (χ4v) is 3.01. The normalized spacial score (nSPS) is 10.4. The zero-order chi connectivity index (χ0) is 20.8. The van der Waals surface area contributed by atoms with Crippen molar-refractivity contribution in [3.8, 4) is 17.2 Å². The maximum atomic E-state index is 5.40. The summed E-state index contributed by atoms with van der Waals surface area (Å²) in [5.74, 6) is 2.68. The number of hydrogen-bond donors (Lipinski definition) is 1. The number of methoxy groups -OCH3 is 3. The number of aryl methyl sites for hydroxylation is 1. The summed E-state index contributed by atoms with van der Waals surface area (Å²) in [5.41, 5.74) is 2.91. The van der Waals surface area contributed by atoms with Crippen LogP contribution in [0.5, 0.6) is 17.2 Å². The second kappa shape index (κ2) is 9.09. The van der Waals surface area contributed by atoms with Gasteiger partial charge in [0.1, 0.15) is 0 Å². The SMILES string of the molecule is CCN(c1cccc(C)c1)c1nncc(Nc2cc(OC)c(OC)c(OC)c2)n1. The summed E-state index contributed by atoms with van der Waals surface area (Å²) in [7, 11) is 4.72. The third kappa shape index (κ3) is 4.48. The van der Waals surface area contributed by atoms with E-state index in [1.54, 1.807) is 39.7 Å². The van der Waals surface area contributed by atoms with Crippen LogP contribution in [0.25, 0.3) is 0 Å². The van der Waals surface area contributed by atoms with Gasteiger partial charge in [0, 0.05) is 30.1 Å². The lowest BCUT2D eigenvalue weighted by Crippen LogP contribution is -2.19. The van der Waals surface area contributed by atoms with Gasteiger partial charge in [-0.3, -0.25) is 0 Å². The monoisotopic (exact) mass is 395 g/mol. The average Bonchev–Trinajstić information content (AvgIpc) is 2.74. The fourth-order valence-electron chi connectivity index (χ4n) is 3.01. The topological polar surface area (TPSA) is 81.6 Å². The van der Waals surface area contributed by atoms with Gasteiger partial charge < -0.3 is 24.4 Å². The van der Waals surface area contributed by atoms with Gasteiger partial charge >= 0.3 is 0 Å². The van der Waals surface area contributed by atoms with Crippen molar-refractivity contribution in [1.82, 2.24) is 15.2 Å². The second-order valence-electron chi connectivity index (χ2n) is 6.26. The molecule has 1 N–H and O–H groups in total. The van der Waals surface area contributed by atoms with Gasteiger partial charge in [-0.05, 0) is 31.5 Å². The van der Waals surface area contributed by atoms with E-state index < -0.39 is 0 Å². The van der Waals surface area contributed by atoms with Gasteiger partial charge in [-0.1, -0.05) is 12.1 Å². The van der Waals surface area contributed by atoms with Gasteiger partial charge in [0.2, 0.25) is 5.75 Å². The van der Waals surface area contributed by atoms with E-state index in [1.165, 1.54) is 5.56 Å². The molecule has 8 heteroatoms. The van der Waals surface area contributed by atoms with Crippen LogP contribution in [-0.2, 0) is 0 Å². The van der Waals surface area contributed by atoms with Gasteiger partial charge in [0.15, 0.2) is 17.3 Å². The molecule has 2 aromatic carbocycles. The molecule has 0 saturated heterocycles. The molecule has 8 nitrogen and oxygen atoms in total. The summed E-state index contributed by atoms with van der Waals surface area (Å²) >= 11 is 0. The van der Waals surface area contributed by atoms with Gasteiger partial charge in [-0.2, -0.15) is 10.1 Å². The number of nitrogens with one attached hydrogen (secondary N) is 1. The van der Waals surface area contributed by atoms with E-state index >= 15 is 0 Å². The van der Waals surface area contributed by atoms with Crippen LogP contribution in [0.4, 0.5) is 23.1 Å². The Hall–Kier alpha value is -3.55. The summed E-state index contributed by atoms with van der Waals surface area (Å²) < 4.78 is 16.2. The molecule has 0 unspecified atom stereocenters. The lowest BCUT2D eigenvalue weighted by Gasteiger charge is -2.21. The predicted molar refractivity (Wildman–Crippen MR) is 113 cm³/mol. The minimum atomic E-state index is 0.510. The minimum absolute atomic E-state index is 0.510. The molecule has 0 bridgehead atoms. The number of anilines is 4. The Labute approximate surface area is 170 Å². The molecule has 0 aliphatic heterocycles. The van der Waals surface area contributed by atoms with Crippen molar-refractivity contribution in [3.63, 3.8) is 0 Å². The van der Waals surface area contributed by atoms with Crippen LogP contribution in [0, 0.1) is 6.92 Å². The van der Waals surface area contributed by atoms with Crippen molar-refractivity contribution < 1.29 is 14.2 Å². The molecule has 3 rings (SSSR count). The van der Waals surface area contributed by atoms with Crippen LogP contribution >= 0.6 is 0 Å². The van der Waals surface area contributed by atoms with E-state index in [0.29, 0.717) is 35.6 Å². The summed E-state index contributed by atoms with van der Waals surface area (Å²) in [4.78, 5) is 6.63. The van der Waals surface area contributed by atoms with E-state index in [-0.39, 0.29) is 0 Å². The Balaban J connectivity index is 1.92. The number of hydrogen-bond acceptors (Lipinski definition) is 8. The quantitative estimate of drug-likeness (QED) is 0.610. The van der Waals surface area contributed by atoms with E-state index in [4.69, 9.17) is 14.2 Å². The lowest BCUT2D eigenvalue weighted by molar-refractivity contribution is 0.324. The van der Waals surface area contributed by atoms with Crippen molar-refractivity contribution in [3.05, 3.63) is 48.2 Å². The Kier molecular flexibility index (Phi) is 6.33. The highest BCUT2D eigenvalue weighted by Gasteiger charge is 2.15. The van der Waals surface area contributed by atoms with E-state index in [1.807, 2.05) is 24.0 Å². The van der Waals surface area contributed by atoms with Crippen LogP contribution in [0.15, 0.2) is 42.6 Å². The van der Waals surface area contributed by atoms with Crippen molar-refractivity contribution in [2.45, 2.75) is 13.8 Å². The van der Waals surface area contributed by atoms with Crippen molar-refractivity contribution >= 4 is 23.1 Å². The van der Waals surface area contributed by atoms with Crippen LogP contribution < -0.4 is 24.4 Å². The van der Waals surface area contributed by atoms with E-state index in [0.717, 1.165) is 11.4 Å². The van der Waals surface area contributed by atoms with Crippen molar-refractivity contribution in [1.29, 1.82) is 0 Å². The van der Waals surface area contributed by atoms with Crippen LogP contribution in [0.1, 0.15) is 12.5 Å². The Morgan fingerprint density at radius 1 is 1.00 bits per heavy atom. The molecule has 1 heterocycles. The summed E-state index contributed by atoms with van der Waals surface area (Å²) in [5, 5.41) is 11.6. The zero-order valence-electron chi connectivity index (χ0n) is 17.3. The van der Waals surface area contributed by atoms with E-state index in [9.17, 15) is 0 Å². The zero-order valence-corrected chi connectivity index (χ0v) is 17.3. The molecule has 0 amide bonds. The smallest absolute Gasteiger partial charge is 0.251 e. The standard InChI is InChI=1S/C21H25N5O3/c1-6-26(16-9-7-8-14(2)10-16)21-24-19(13-22-25-21)23-15-11-17(27-3)20(29-5)18(12-15)28-4/h7-13H,6H2,1-5H3,(H,23,24,25). The molecule has 0 radical (unpaired) electrons. The molecule has 0 fully saturated rings. The number of aromatic nitrogens is 3. The van der Waals surface area contributed by atoms with Crippen LogP contribution in [0.3, 0.4) is 0 Å². The molecule has 0 spiro atoms. The highest BCUT2D eigenvalue weighted by atomic mass is 16.5. The van der Waals surface area contributed by atoms with E-state index in [2.05, 4.69) is 39.6 Å². The maximum absolute atomic E-state index is 5.40. The minimum Gasteiger partial charge on any atom is -0.493 e. The summed E-state index contributed by atoms with van der Waals surface area (Å²) in [6.07, 6.45) is 1.57. The second-order valence-corrected chi connectivity index (χ2v) is 6.26. The molecular formula is C21H25N5O3. The van der Waals surface area contributed by atoms with Gasteiger partial charge in [-0.15, -0.1) is 5.10 Å². The first kappa shape index (κ1) is 20.2. The van der Waals surface area contributed by atoms with Gasteiger partial charge in [0.05, 0.1) is 27.5 Å². The first-order valence-corrected chi connectivity index (χ1v) is 9.20. The number of nitrogens with zero attached hydrogens (tertiary/aromatic N) is 4. The lowest BCUT2D eigenvalue weighted by atomic mass is 10.2. The number of ether oxygens (including phenoxy) is 3. The van der Waals surface area contributed by atoms with Crippen molar-refractivity contribution in [2.24, 2.45) is 0 Å². The molecule has 0 atom stereocenters. The number of benzene rings is 2. The molecule has 0 saturated carbocycles. The molecule has 0 aliphatic rings. The fraction of sp³-hybridized carbons (Fsp3) is 0.286. The third-order valence-electron chi connectivity index (χ3n) is 4.36. The maximum Gasteiger partial charge on any atom is 0.251 e. The molecule has 3 aromatic rings. The Morgan fingerprint density at radius 3 is 2.31 bits per heavy atom. The van der Waals surface area contributed by atoms with Crippen molar-refractivity contribution in [2.75, 3.05) is 38.1 Å². The molecule has 152 valence electrons. The van der Waals surface area contributed by atoms with Gasteiger partial charge in [0.25, 0.3) is 5.95 Å². The molecule has 29 heavy (non-hydrogen) atoms. The summed E-state index contributed by atoms with van der Waals surface area (Å²) in [6, 6.07) is 11.8. The highest BCUT2D eigenvalue weighted by Crippen LogP contribution is 2.40. The van der Waals surface area contributed by atoms with Crippen LogP contribution in [-0.4, -0.2) is 43.1 Å². The molecular weight excluding hydrogens is 370 g/mol. The third-order valence-corrected chi connectivity index (χ3v) is 4.36. The van der Waals surface area contributed by atoms with Gasteiger partial charge in [-0.25, -0.2) is 0 Å². The Morgan fingerprint density at radius 2 is 1.72 bits per heavy atom. The first-order chi connectivity index (χ1) is 14.1. The first-order valence-electron chi connectivity index (χ1n) is 9.20. The number of rotatable bonds is 8. The Bertz CT molecular complexity index is 955. The summed E-state index contributed by atoms with van der Waals surface area (Å²) in [6.45, 7) is 4.81. The average molecular weight is 395 g/mol. The highest BCUT2D eigenvalue weighted by molar-refractivity contribution is 5.67. The van der Waals surface area contributed by atoms with Crippen LogP contribution in [0.2, 0.25) is 0 Å². The molecule has 1 aromatic heterocycles. The molecule has 0 aliphatic carbocycles. The largest absolute Gasteiger partial charge is 0.493 e. The predicted octanol–water partition coefficient (Wildman–Crippen LogP) is 4.11.